The van der Waals surface area contributed by atoms with E-state index in [1.165, 1.54) is 26.1 Å². The van der Waals surface area contributed by atoms with E-state index >= 15 is 0 Å². The second kappa shape index (κ2) is 8.61. The molecule has 4 nitrogen and oxygen atoms in total. The molecule has 1 aliphatic rings. The monoisotopic (exact) mass is 280 g/mol. The van der Waals surface area contributed by atoms with Crippen molar-refractivity contribution >= 4 is 0 Å². The Balaban J connectivity index is 2.42. The van der Waals surface area contributed by atoms with Crippen LogP contribution in [0.3, 0.4) is 0 Å². The number of hydrogen-bond donors (Lipinski definition) is 1. The number of nitrogens with one attached hydrogen (secondary N) is 1. The summed E-state index contributed by atoms with van der Waals surface area (Å²) in [4.78, 5) is 5.08. The van der Waals surface area contributed by atoms with Crippen LogP contribution in [0.1, 0.15) is 47.0 Å². The van der Waals surface area contributed by atoms with Crippen LogP contribution in [0.25, 0.3) is 0 Å². The van der Waals surface area contributed by atoms with Gasteiger partial charge in [-0.05, 0) is 46.2 Å². The van der Waals surface area contributed by atoms with Crippen LogP contribution in [0.5, 0.6) is 0 Å². The van der Waals surface area contributed by atoms with Gasteiger partial charge in [0.25, 0.3) is 0 Å². The fourth-order valence-corrected chi connectivity index (χ4v) is 3.02. The van der Waals surface area contributed by atoms with Crippen LogP contribution in [0.2, 0.25) is 0 Å². The summed E-state index contributed by atoms with van der Waals surface area (Å²) in [5, 5.41) is 12.8. The third kappa shape index (κ3) is 5.40. The number of nitriles is 1. The van der Waals surface area contributed by atoms with Crippen LogP contribution in [-0.2, 0) is 0 Å². The van der Waals surface area contributed by atoms with Gasteiger partial charge in [-0.1, -0.05) is 13.8 Å². The highest BCUT2D eigenvalue weighted by molar-refractivity contribution is 5.05. The number of nitrogens with zero attached hydrogens (tertiary/aromatic N) is 3. The Labute approximate surface area is 125 Å². The molecule has 1 fully saturated rings. The largest absolute Gasteiger partial charge is 0.301 e. The average Bonchev–Trinajstić information content (AvgIpc) is 2.46. The Morgan fingerprint density at radius 2 is 1.85 bits per heavy atom. The molecule has 20 heavy (non-hydrogen) atoms. The van der Waals surface area contributed by atoms with Crippen molar-refractivity contribution in [1.82, 2.24) is 15.1 Å². The van der Waals surface area contributed by atoms with Crippen LogP contribution in [0, 0.1) is 11.3 Å². The van der Waals surface area contributed by atoms with Crippen molar-refractivity contribution in [2.24, 2.45) is 0 Å². The first kappa shape index (κ1) is 17.4. The minimum atomic E-state index is -0.393. The molecule has 1 N–H and O–H groups in total. The Morgan fingerprint density at radius 1 is 1.20 bits per heavy atom. The van der Waals surface area contributed by atoms with E-state index in [0.29, 0.717) is 6.04 Å². The second-order valence-corrected chi connectivity index (χ2v) is 6.30. The molecule has 0 aromatic rings. The summed E-state index contributed by atoms with van der Waals surface area (Å²) in [5.74, 6) is 0. The zero-order valence-electron chi connectivity index (χ0n) is 13.8. The van der Waals surface area contributed by atoms with Gasteiger partial charge in [0.1, 0.15) is 5.54 Å². The molecule has 2 unspecified atom stereocenters. The highest BCUT2D eigenvalue weighted by Crippen LogP contribution is 2.17. The van der Waals surface area contributed by atoms with Crippen LogP contribution in [0.4, 0.5) is 0 Å². The summed E-state index contributed by atoms with van der Waals surface area (Å²) in [6, 6.07) is 2.93. The first-order chi connectivity index (χ1) is 9.54. The van der Waals surface area contributed by atoms with E-state index in [9.17, 15) is 5.26 Å². The molecule has 1 aliphatic heterocycles. The molecule has 1 heterocycles. The second-order valence-electron chi connectivity index (χ2n) is 6.30. The molecule has 2 atom stereocenters. The van der Waals surface area contributed by atoms with Crippen molar-refractivity contribution in [2.75, 3.05) is 39.3 Å². The van der Waals surface area contributed by atoms with Gasteiger partial charge in [0.15, 0.2) is 0 Å². The maximum atomic E-state index is 9.43. The first-order valence-corrected chi connectivity index (χ1v) is 8.17. The van der Waals surface area contributed by atoms with Gasteiger partial charge < -0.3 is 4.90 Å². The van der Waals surface area contributed by atoms with Crippen LogP contribution < -0.4 is 5.32 Å². The summed E-state index contributed by atoms with van der Waals surface area (Å²) in [6.07, 6.45) is 3.21. The van der Waals surface area contributed by atoms with E-state index in [2.05, 4.69) is 42.0 Å². The summed E-state index contributed by atoms with van der Waals surface area (Å²) < 4.78 is 0. The lowest BCUT2D eigenvalue weighted by atomic mass is 9.94. The molecule has 0 aromatic carbocycles. The molecule has 0 saturated carbocycles. The smallest absolute Gasteiger partial charge is 0.105 e. The number of rotatable bonds is 8. The van der Waals surface area contributed by atoms with E-state index in [1.807, 2.05) is 6.92 Å². The normalized spacial score (nSPS) is 22.1. The molecular formula is C16H32N4. The zero-order chi connectivity index (χ0) is 15.0. The highest BCUT2D eigenvalue weighted by Gasteiger charge is 2.29. The molecule has 0 bridgehead atoms. The fourth-order valence-electron chi connectivity index (χ4n) is 3.02. The quantitative estimate of drug-likeness (QED) is 0.739. The third-order valence-electron chi connectivity index (χ3n) is 4.29. The average molecular weight is 280 g/mol. The summed E-state index contributed by atoms with van der Waals surface area (Å²) >= 11 is 0. The Bertz CT molecular complexity index is 304. The maximum Gasteiger partial charge on any atom is 0.105 e. The molecule has 116 valence electrons. The fraction of sp³-hybridized carbons (Fsp3) is 0.938. The van der Waals surface area contributed by atoms with Gasteiger partial charge in [0, 0.05) is 32.2 Å². The van der Waals surface area contributed by atoms with Crippen molar-refractivity contribution in [2.45, 2.75) is 58.5 Å². The van der Waals surface area contributed by atoms with Crippen molar-refractivity contribution in [3.63, 3.8) is 0 Å². The molecule has 1 saturated heterocycles. The van der Waals surface area contributed by atoms with Gasteiger partial charge in [-0.3, -0.25) is 10.2 Å². The van der Waals surface area contributed by atoms with Gasteiger partial charge in [-0.25, -0.2) is 0 Å². The van der Waals surface area contributed by atoms with Crippen LogP contribution in [0.15, 0.2) is 0 Å². The van der Waals surface area contributed by atoms with Gasteiger partial charge in [0.05, 0.1) is 6.07 Å². The molecule has 0 aromatic heterocycles. The number of piperazine rings is 1. The lowest BCUT2D eigenvalue weighted by molar-refractivity contribution is 0.0907. The topological polar surface area (TPSA) is 42.3 Å². The molecule has 1 rings (SSSR count). The molecule has 0 spiro atoms. The SMILES string of the molecule is CCCNC(C)(C#N)CC(C)N1CCN(CCC)CC1. The van der Waals surface area contributed by atoms with E-state index in [4.69, 9.17) is 0 Å². The highest BCUT2D eigenvalue weighted by atomic mass is 15.3. The van der Waals surface area contributed by atoms with Crippen molar-refractivity contribution in [3.8, 4) is 6.07 Å². The Morgan fingerprint density at radius 3 is 2.35 bits per heavy atom. The molecule has 0 amide bonds. The van der Waals surface area contributed by atoms with E-state index in [1.54, 1.807) is 0 Å². The van der Waals surface area contributed by atoms with Crippen molar-refractivity contribution in [1.29, 1.82) is 5.26 Å². The van der Waals surface area contributed by atoms with Gasteiger partial charge in [0.2, 0.25) is 0 Å². The summed E-state index contributed by atoms with van der Waals surface area (Å²) in [7, 11) is 0. The first-order valence-electron chi connectivity index (χ1n) is 8.17. The lowest BCUT2D eigenvalue weighted by Gasteiger charge is -2.40. The van der Waals surface area contributed by atoms with E-state index in [0.717, 1.165) is 32.5 Å². The Kier molecular flexibility index (Phi) is 7.50. The van der Waals surface area contributed by atoms with Crippen LogP contribution >= 0.6 is 0 Å². The lowest BCUT2D eigenvalue weighted by Crippen LogP contribution is -2.53. The number of hydrogen-bond acceptors (Lipinski definition) is 4. The molecule has 0 aliphatic carbocycles. The zero-order valence-corrected chi connectivity index (χ0v) is 13.8. The summed E-state index contributed by atoms with van der Waals surface area (Å²) in [6.45, 7) is 15.4. The third-order valence-corrected chi connectivity index (χ3v) is 4.29. The minimum absolute atomic E-state index is 0.393. The predicted octanol–water partition coefficient (Wildman–Crippen LogP) is 2.07. The van der Waals surface area contributed by atoms with Crippen LogP contribution in [-0.4, -0.2) is 60.6 Å². The van der Waals surface area contributed by atoms with E-state index < -0.39 is 5.54 Å². The molecular weight excluding hydrogens is 248 g/mol. The maximum absolute atomic E-state index is 9.43. The standard InChI is InChI=1S/C16H32N4/c1-5-7-18-16(4,14-17)13-15(3)20-11-9-19(8-6-2)10-12-20/h15,18H,5-13H2,1-4H3. The summed E-state index contributed by atoms with van der Waals surface area (Å²) in [5.41, 5.74) is -0.393. The van der Waals surface area contributed by atoms with Crippen molar-refractivity contribution < 1.29 is 0 Å². The Hall–Kier alpha value is -0.630. The predicted molar refractivity (Wildman–Crippen MR) is 84.7 cm³/mol. The minimum Gasteiger partial charge on any atom is -0.301 e. The van der Waals surface area contributed by atoms with E-state index in [-0.39, 0.29) is 0 Å². The van der Waals surface area contributed by atoms with Gasteiger partial charge in [-0.15, -0.1) is 0 Å². The molecule has 4 heteroatoms. The van der Waals surface area contributed by atoms with Gasteiger partial charge >= 0.3 is 0 Å². The van der Waals surface area contributed by atoms with Crippen molar-refractivity contribution in [3.05, 3.63) is 0 Å². The molecule has 0 radical (unpaired) electrons. The van der Waals surface area contributed by atoms with Gasteiger partial charge in [-0.2, -0.15) is 5.26 Å².